The van der Waals surface area contributed by atoms with Gasteiger partial charge in [0.2, 0.25) is 0 Å². The van der Waals surface area contributed by atoms with Crippen LogP contribution >= 0.6 is 56.7 Å². The topological polar surface area (TPSA) is 278 Å². The van der Waals surface area contributed by atoms with E-state index in [1.807, 2.05) is 173 Å². The van der Waals surface area contributed by atoms with Crippen molar-refractivity contribution in [1.29, 1.82) is 0 Å². The number of rotatable bonds is 17. The number of aryl methyl sites for hydroxylation is 3. The third-order valence-electron chi connectivity index (χ3n) is 16.2. The molecular formula is C75H79N7O16S5. The number of pyridine rings is 2. The van der Waals surface area contributed by atoms with Crippen molar-refractivity contribution in [1.82, 2.24) is 28.8 Å². The number of anilines is 1. The predicted octanol–water partition coefficient (Wildman–Crippen LogP) is 11.6. The molecule has 103 heavy (non-hydrogen) atoms. The van der Waals surface area contributed by atoms with E-state index in [-0.39, 0.29) is 67.1 Å². The first-order chi connectivity index (χ1) is 49.8. The molecule has 2 amide bonds. The lowest BCUT2D eigenvalue weighted by Gasteiger charge is -2.37. The first-order valence-corrected chi connectivity index (χ1v) is 37.7. The Labute approximate surface area is 612 Å². The number of fused-ring (bicyclic) bond motifs is 3. The fourth-order valence-electron chi connectivity index (χ4n) is 11.4. The van der Waals surface area contributed by atoms with Gasteiger partial charge in [-0.25, -0.2) is 19.2 Å². The van der Waals surface area contributed by atoms with Crippen LogP contribution < -0.4 is 32.7 Å². The quantitative estimate of drug-likeness (QED) is 0.0487. The minimum absolute atomic E-state index is 0.0189. The lowest BCUT2D eigenvalue weighted by molar-refractivity contribution is -0.153. The fourth-order valence-corrected chi connectivity index (χ4v) is 15.9. The largest absolute Gasteiger partial charge is 0.506 e. The van der Waals surface area contributed by atoms with Gasteiger partial charge in [-0.15, -0.1) is 56.7 Å². The molecular weight excluding hydrogens is 1420 g/mol. The number of carbonyl (C=O) groups excluding carboxylic acids is 6. The fraction of sp³-hybridized carbons (Fsp3) is 0.307. The maximum atomic E-state index is 13.9. The van der Waals surface area contributed by atoms with E-state index in [1.165, 1.54) is 65.8 Å². The van der Waals surface area contributed by atoms with E-state index in [9.17, 15) is 53.1 Å². The minimum atomic E-state index is -0.797. The van der Waals surface area contributed by atoms with Gasteiger partial charge in [-0.1, -0.05) is 103 Å². The molecule has 2 aliphatic heterocycles. The number of benzene rings is 3. The highest BCUT2D eigenvalue weighted by Gasteiger charge is 2.33. The summed E-state index contributed by atoms with van der Waals surface area (Å²) in [5.74, 6) is -3.18. The average Bonchev–Trinajstić information content (AvgIpc) is 1.71. The van der Waals surface area contributed by atoms with E-state index in [2.05, 4.69) is 19.7 Å². The molecule has 0 spiro atoms. The molecule has 0 radical (unpaired) electrons. The first-order valence-electron chi connectivity index (χ1n) is 33.3. The van der Waals surface area contributed by atoms with Crippen molar-refractivity contribution >= 4 is 129 Å². The lowest BCUT2D eigenvalue weighted by atomic mass is 10.1. The summed E-state index contributed by atoms with van der Waals surface area (Å²) in [6.45, 7) is 20.0. The number of ether oxygens (including phenoxy) is 4. The van der Waals surface area contributed by atoms with Crippen molar-refractivity contribution in [3.8, 4) is 5.75 Å². The minimum Gasteiger partial charge on any atom is -0.506 e. The molecule has 2 saturated heterocycles. The van der Waals surface area contributed by atoms with Crippen LogP contribution in [0.25, 0.3) is 30.6 Å². The standard InChI is InChI=1S/C27H27N3O4S2.C18H17NO4S.C14H11NO3S.C9H12N2OS.C7H12O4/c1-3-34-27(33)22-23(28-11-13-29(14-12-28)24(31)20-10-7-15-35-20)21-18(2)17-36-26(21)30(25(22)32)16-19-8-5-4-6-9-19;1-3-23-18(22)14-15(20)13-11(2)10-24-17(13)19(16(14)21)9-12-7-5-4-6-8-12;1-9-8-19-12-11(9)13(16)18-14(17)15(12)7-10-5-3-2-4-6-10;12-9(8-2-1-7-13-8)11-5-3-10-4-6-11;1-3-10-6(8)5-7(9)11-4-2/h4-10,15,17H,3,11-14,16H2,1-2H3;4-8,10,20H,3,9H2,1-2H3;2-6,8H,7H2,1H3;1-2,7,10H,3-6H2;3-5H2,1-2H3. The molecule has 0 unspecified atom stereocenters. The van der Waals surface area contributed by atoms with Crippen molar-refractivity contribution in [2.45, 2.75) is 74.5 Å². The van der Waals surface area contributed by atoms with Gasteiger partial charge >= 0.3 is 35.3 Å². The highest BCUT2D eigenvalue weighted by Crippen LogP contribution is 2.38. The lowest BCUT2D eigenvalue weighted by Crippen LogP contribution is -2.49. The van der Waals surface area contributed by atoms with Gasteiger partial charge in [-0.3, -0.25) is 42.5 Å². The van der Waals surface area contributed by atoms with E-state index in [1.54, 1.807) is 32.3 Å². The summed E-state index contributed by atoms with van der Waals surface area (Å²) in [5.41, 5.74) is 4.53. The van der Waals surface area contributed by atoms with Crippen LogP contribution in [0.5, 0.6) is 5.75 Å². The van der Waals surface area contributed by atoms with Crippen molar-refractivity contribution in [2.75, 3.05) is 83.7 Å². The summed E-state index contributed by atoms with van der Waals surface area (Å²) < 4.78 is 28.9. The number of nitrogens with one attached hydrogen (secondary N) is 1. The predicted molar refractivity (Wildman–Crippen MR) is 405 cm³/mol. The number of hydrogen-bond acceptors (Lipinski definition) is 23. The molecule has 0 atom stereocenters. The van der Waals surface area contributed by atoms with Gasteiger partial charge in [0.1, 0.15) is 32.2 Å². The van der Waals surface area contributed by atoms with Crippen LogP contribution in [-0.2, 0) is 48.2 Å². The second-order valence-electron chi connectivity index (χ2n) is 23.2. The summed E-state index contributed by atoms with van der Waals surface area (Å²) in [4.78, 5) is 131. The zero-order valence-electron chi connectivity index (χ0n) is 58.0. The van der Waals surface area contributed by atoms with Gasteiger partial charge in [0, 0.05) is 57.7 Å². The molecule has 28 heteroatoms. The molecule has 0 bridgehead atoms. The zero-order valence-corrected chi connectivity index (χ0v) is 62.0. The molecule has 11 aromatic rings. The molecule has 0 saturated carbocycles. The number of carbonyl (C=O) groups is 6. The number of esters is 4. The average molecular weight is 1490 g/mol. The molecule has 0 aliphatic carbocycles. The van der Waals surface area contributed by atoms with Crippen molar-refractivity contribution in [3.05, 3.63) is 238 Å². The number of piperazine rings is 2. The maximum Gasteiger partial charge on any atom is 0.423 e. The molecule has 2 fully saturated rings. The molecule has 13 rings (SSSR count). The van der Waals surface area contributed by atoms with Crippen LogP contribution in [0.2, 0.25) is 0 Å². The van der Waals surface area contributed by atoms with Crippen LogP contribution in [0.3, 0.4) is 0 Å². The molecule has 3 aromatic carbocycles. The number of hydrogen-bond donors (Lipinski definition) is 2. The van der Waals surface area contributed by atoms with Gasteiger partial charge in [-0.2, -0.15) is 0 Å². The Morgan fingerprint density at radius 2 is 0.864 bits per heavy atom. The summed E-state index contributed by atoms with van der Waals surface area (Å²) >= 11 is 7.22. The van der Waals surface area contributed by atoms with Crippen LogP contribution in [0.1, 0.15) is 108 Å². The Morgan fingerprint density at radius 3 is 1.31 bits per heavy atom. The van der Waals surface area contributed by atoms with E-state index >= 15 is 0 Å². The van der Waals surface area contributed by atoms with E-state index < -0.39 is 40.8 Å². The SMILES string of the molecule is CCOC(=O)CC(=O)OCC.CCOC(=O)c1c(N2CCN(C(=O)c3cccs3)CC2)c2c(C)csc2n(Cc2ccccc2)c1=O.CCOC(=O)c1c(O)c2c(C)csc2n(Cc2ccccc2)c1=O.Cc1csc2c1c(=O)oc(=O)n2Cc1ccccc1.O=C(c1cccs1)N1CCNCC1. The summed E-state index contributed by atoms with van der Waals surface area (Å²) in [7, 11) is 0. The highest BCUT2D eigenvalue weighted by molar-refractivity contribution is 7.17. The molecule has 540 valence electrons. The van der Waals surface area contributed by atoms with Gasteiger partial charge in [0.25, 0.3) is 22.9 Å². The number of nitrogens with zero attached hydrogens (tertiary/aromatic N) is 6. The van der Waals surface area contributed by atoms with E-state index in [0.717, 1.165) is 79.5 Å². The van der Waals surface area contributed by atoms with Crippen LogP contribution in [0, 0.1) is 20.8 Å². The van der Waals surface area contributed by atoms with E-state index in [4.69, 9.17) is 13.9 Å². The first kappa shape index (κ1) is 77.1. The number of aromatic nitrogens is 3. The molecule has 8 aromatic heterocycles. The number of thiophene rings is 5. The molecule has 2 N–H and O–H groups in total. The smallest absolute Gasteiger partial charge is 0.423 e. The van der Waals surface area contributed by atoms with Crippen molar-refractivity contribution < 1.29 is 57.2 Å². The van der Waals surface area contributed by atoms with Gasteiger partial charge in [0.05, 0.1) is 72.3 Å². The summed E-state index contributed by atoms with van der Waals surface area (Å²) in [6, 6.07) is 36.4. The zero-order chi connectivity index (χ0) is 73.7. The Morgan fingerprint density at radius 1 is 0.466 bits per heavy atom. The third-order valence-corrected chi connectivity index (χ3v) is 21.3. The third kappa shape index (κ3) is 19.2. The monoisotopic (exact) mass is 1490 g/mol. The number of amides is 2. The Kier molecular flexibility index (Phi) is 27.8. The second-order valence-corrected chi connectivity index (χ2v) is 27.7. The summed E-state index contributed by atoms with van der Waals surface area (Å²) in [6.07, 6.45) is -0.290. The van der Waals surface area contributed by atoms with E-state index in [0.29, 0.717) is 71.9 Å². The Hall–Kier alpha value is -10.1. The highest BCUT2D eigenvalue weighted by atomic mass is 32.1. The summed E-state index contributed by atoms with van der Waals surface area (Å²) in [5, 5.41) is 25.2. The van der Waals surface area contributed by atoms with Gasteiger partial charge in [-0.05, 0) is 121 Å². The Bertz CT molecular complexity index is 4950. The van der Waals surface area contributed by atoms with Crippen molar-refractivity contribution in [3.63, 3.8) is 0 Å². The van der Waals surface area contributed by atoms with Gasteiger partial charge < -0.3 is 48.5 Å². The second kappa shape index (κ2) is 37.2. The normalized spacial score (nSPS) is 12.6. The van der Waals surface area contributed by atoms with Crippen molar-refractivity contribution in [2.24, 2.45) is 0 Å². The van der Waals surface area contributed by atoms with Crippen LogP contribution in [0.15, 0.2) is 166 Å². The molecule has 2 aliphatic rings. The number of aromatic hydroxyl groups is 1. The Balaban J connectivity index is 0.000000160. The molecule has 23 nitrogen and oxygen atoms in total. The van der Waals surface area contributed by atoms with Crippen LogP contribution in [-0.4, -0.2) is 143 Å². The van der Waals surface area contributed by atoms with Crippen LogP contribution in [0.4, 0.5) is 5.69 Å². The maximum absolute atomic E-state index is 13.9. The molecule has 10 heterocycles. The van der Waals surface area contributed by atoms with Gasteiger partial charge in [0.15, 0.2) is 5.56 Å².